The van der Waals surface area contributed by atoms with Crippen molar-refractivity contribution >= 4 is 17.6 Å². The van der Waals surface area contributed by atoms with Gasteiger partial charge in [-0.3, -0.25) is 4.98 Å². The Morgan fingerprint density at radius 1 is 1.75 bits per heavy atom. The summed E-state index contributed by atoms with van der Waals surface area (Å²) in [5, 5.41) is 8.31. The second kappa shape index (κ2) is 3.49. The summed E-state index contributed by atoms with van der Waals surface area (Å²) in [5.41, 5.74) is -0.258. The molecule has 0 aliphatic heterocycles. The number of carboxylic acid groups (broad SMARTS) is 1. The fourth-order valence-corrected chi connectivity index (χ4v) is 0.919. The molecule has 1 atom stereocenters. The molecule has 0 fully saturated rings. The zero-order valence-corrected chi connectivity index (χ0v) is 6.62. The van der Waals surface area contributed by atoms with Crippen LogP contribution >= 0.6 is 11.6 Å². The summed E-state index contributed by atoms with van der Waals surface area (Å²) in [7, 11) is 0. The summed E-state index contributed by atoms with van der Waals surface area (Å²) >= 11 is 5.50. The molecule has 1 unspecified atom stereocenters. The first-order valence-electron chi connectivity index (χ1n) is 3.10. The van der Waals surface area contributed by atoms with Crippen LogP contribution in [0.3, 0.4) is 0 Å². The molecule has 0 bridgehead atoms. The van der Waals surface area contributed by atoms with Crippen molar-refractivity contribution in [3.8, 4) is 0 Å². The Balaban J connectivity index is 3.02. The van der Waals surface area contributed by atoms with Crippen molar-refractivity contribution in [2.75, 3.05) is 0 Å². The molecule has 1 rings (SSSR count). The molecule has 1 heterocycles. The van der Waals surface area contributed by atoms with Crippen molar-refractivity contribution < 1.29 is 14.3 Å². The number of nitrogens with zero attached hydrogens (tertiary/aromatic N) is 1. The number of alkyl halides is 1. The third-order valence-corrected chi connectivity index (χ3v) is 1.56. The average Bonchev–Trinajstić information content (AvgIpc) is 2.04. The topological polar surface area (TPSA) is 50.2 Å². The Labute approximate surface area is 72.8 Å². The Hall–Kier alpha value is -1.16. The fraction of sp³-hybridized carbons (Fsp3) is 0.143. The molecule has 0 radical (unpaired) electrons. The molecular weight excluding hydrogens is 185 g/mol. The van der Waals surface area contributed by atoms with Gasteiger partial charge in [0.1, 0.15) is 5.69 Å². The maximum atomic E-state index is 12.8. The maximum Gasteiger partial charge on any atom is 0.344 e. The lowest BCUT2D eigenvalue weighted by Gasteiger charge is -2.02. The van der Waals surface area contributed by atoms with Crippen molar-refractivity contribution in [2.45, 2.75) is 6.17 Å². The Morgan fingerprint density at radius 2 is 2.42 bits per heavy atom. The van der Waals surface area contributed by atoms with Crippen molar-refractivity contribution in [1.82, 2.24) is 4.98 Å². The monoisotopic (exact) mass is 189 g/mol. The number of pyridine rings is 1. The van der Waals surface area contributed by atoms with Crippen LogP contribution in [0.15, 0.2) is 18.3 Å². The predicted octanol–water partition coefficient (Wildman–Crippen LogP) is 1.83. The van der Waals surface area contributed by atoms with E-state index in [2.05, 4.69) is 4.98 Å². The highest BCUT2D eigenvalue weighted by Gasteiger charge is 2.22. The van der Waals surface area contributed by atoms with Gasteiger partial charge in [-0.15, -0.1) is 0 Å². The second-order valence-corrected chi connectivity index (χ2v) is 2.48. The molecule has 0 aromatic carbocycles. The summed E-state index contributed by atoms with van der Waals surface area (Å²) in [4.78, 5) is 13.7. The number of halogens is 2. The van der Waals surface area contributed by atoms with E-state index in [0.29, 0.717) is 0 Å². The van der Waals surface area contributed by atoms with Gasteiger partial charge >= 0.3 is 5.97 Å². The van der Waals surface area contributed by atoms with Crippen molar-refractivity contribution in [1.29, 1.82) is 0 Å². The van der Waals surface area contributed by atoms with Gasteiger partial charge in [-0.05, 0) is 12.1 Å². The number of rotatable bonds is 2. The number of carboxylic acids is 1. The van der Waals surface area contributed by atoms with Gasteiger partial charge < -0.3 is 5.11 Å². The summed E-state index contributed by atoms with van der Waals surface area (Å²) in [5.74, 6) is -1.59. The van der Waals surface area contributed by atoms with Crippen LogP contribution in [-0.4, -0.2) is 16.1 Å². The van der Waals surface area contributed by atoms with E-state index in [4.69, 9.17) is 16.7 Å². The summed E-state index contributed by atoms with van der Waals surface area (Å²) in [6.45, 7) is 0. The van der Waals surface area contributed by atoms with Crippen molar-refractivity contribution in [3.63, 3.8) is 0 Å². The molecule has 1 aromatic heterocycles. The molecule has 0 saturated carbocycles. The fourth-order valence-electron chi connectivity index (χ4n) is 0.701. The molecule has 64 valence electrons. The molecule has 12 heavy (non-hydrogen) atoms. The smallest absolute Gasteiger partial charge is 0.344 e. The van der Waals surface area contributed by atoms with Crippen LogP contribution in [0.1, 0.15) is 11.9 Å². The number of aliphatic carboxylic acids is 1. The highest BCUT2D eigenvalue weighted by Crippen LogP contribution is 2.22. The molecule has 1 N–H and O–H groups in total. The van der Waals surface area contributed by atoms with Gasteiger partial charge in [-0.2, -0.15) is 0 Å². The number of aromatic nitrogens is 1. The largest absolute Gasteiger partial charge is 0.479 e. The molecule has 3 nitrogen and oxygen atoms in total. The van der Waals surface area contributed by atoms with E-state index in [1.807, 2.05) is 0 Å². The summed E-state index contributed by atoms with van der Waals surface area (Å²) in [6, 6.07) is 2.89. The van der Waals surface area contributed by atoms with Crippen molar-refractivity contribution in [2.24, 2.45) is 0 Å². The van der Waals surface area contributed by atoms with Crippen LogP contribution < -0.4 is 0 Å². The van der Waals surface area contributed by atoms with E-state index in [0.717, 1.165) is 0 Å². The third kappa shape index (κ3) is 1.71. The Morgan fingerprint density at radius 3 is 2.92 bits per heavy atom. The summed E-state index contributed by atoms with van der Waals surface area (Å²) < 4.78 is 12.8. The lowest BCUT2D eigenvalue weighted by molar-refractivity contribution is -0.143. The zero-order chi connectivity index (χ0) is 9.14. The SMILES string of the molecule is O=C(O)C(F)c1ncccc1Cl. The van der Waals surface area contributed by atoms with Gasteiger partial charge in [0.05, 0.1) is 5.02 Å². The van der Waals surface area contributed by atoms with Gasteiger partial charge in [-0.1, -0.05) is 11.6 Å². The summed E-state index contributed by atoms with van der Waals surface area (Å²) in [6.07, 6.45) is -0.866. The second-order valence-electron chi connectivity index (χ2n) is 2.07. The average molecular weight is 190 g/mol. The van der Waals surface area contributed by atoms with Crippen LogP contribution in [0.25, 0.3) is 0 Å². The first kappa shape index (κ1) is 8.93. The van der Waals surface area contributed by atoms with Gasteiger partial charge in [0.25, 0.3) is 0 Å². The molecule has 0 saturated heterocycles. The van der Waals surface area contributed by atoms with Gasteiger partial charge in [-0.25, -0.2) is 9.18 Å². The van der Waals surface area contributed by atoms with Crippen LogP contribution in [0.5, 0.6) is 0 Å². The molecule has 0 aliphatic rings. The third-order valence-electron chi connectivity index (χ3n) is 1.24. The molecule has 0 aliphatic carbocycles. The van der Waals surface area contributed by atoms with Gasteiger partial charge in [0, 0.05) is 6.20 Å². The molecule has 5 heteroatoms. The van der Waals surface area contributed by atoms with E-state index in [1.54, 1.807) is 0 Å². The van der Waals surface area contributed by atoms with Crippen LogP contribution in [0.2, 0.25) is 5.02 Å². The van der Waals surface area contributed by atoms with E-state index in [-0.39, 0.29) is 10.7 Å². The molecule has 0 spiro atoms. The minimum absolute atomic E-state index is 0.0207. The molecule has 0 amide bonds. The van der Waals surface area contributed by atoms with Gasteiger partial charge in [0.2, 0.25) is 6.17 Å². The van der Waals surface area contributed by atoms with Crippen LogP contribution in [-0.2, 0) is 4.79 Å². The lowest BCUT2D eigenvalue weighted by Crippen LogP contribution is -2.08. The zero-order valence-electron chi connectivity index (χ0n) is 5.87. The quantitative estimate of drug-likeness (QED) is 0.772. The molecular formula is C7H5ClFNO2. The maximum absolute atomic E-state index is 12.8. The standard InChI is InChI=1S/C7H5ClFNO2/c8-4-2-1-3-10-6(4)5(9)7(11)12/h1-3,5H,(H,11,12). The number of hydrogen-bond donors (Lipinski definition) is 1. The highest BCUT2D eigenvalue weighted by atomic mass is 35.5. The van der Waals surface area contributed by atoms with Crippen molar-refractivity contribution in [3.05, 3.63) is 29.0 Å². The van der Waals surface area contributed by atoms with Gasteiger partial charge in [0.15, 0.2) is 0 Å². The van der Waals surface area contributed by atoms with E-state index >= 15 is 0 Å². The van der Waals surface area contributed by atoms with E-state index in [1.165, 1.54) is 18.3 Å². The lowest BCUT2D eigenvalue weighted by atomic mass is 10.2. The molecule has 1 aromatic rings. The van der Waals surface area contributed by atoms with E-state index in [9.17, 15) is 9.18 Å². The first-order chi connectivity index (χ1) is 5.63. The first-order valence-corrected chi connectivity index (χ1v) is 3.48. The number of hydrogen-bond acceptors (Lipinski definition) is 2. The minimum Gasteiger partial charge on any atom is -0.479 e. The number of carbonyl (C=O) groups is 1. The van der Waals surface area contributed by atoms with E-state index < -0.39 is 12.1 Å². The van der Waals surface area contributed by atoms with Crippen LogP contribution in [0.4, 0.5) is 4.39 Å². The Bertz CT molecular complexity index is 305. The predicted molar refractivity (Wildman–Crippen MR) is 40.7 cm³/mol. The normalized spacial score (nSPS) is 12.5. The minimum atomic E-state index is -2.15. The van der Waals surface area contributed by atoms with Crippen LogP contribution in [0, 0.1) is 0 Å². The Kier molecular flexibility index (Phi) is 2.60. The highest BCUT2D eigenvalue weighted by molar-refractivity contribution is 6.31.